The van der Waals surface area contributed by atoms with Crippen molar-refractivity contribution in [1.29, 1.82) is 0 Å². The van der Waals surface area contributed by atoms with Gasteiger partial charge in [0.25, 0.3) is 0 Å². The summed E-state index contributed by atoms with van der Waals surface area (Å²) in [4.78, 5) is 13.7. The van der Waals surface area contributed by atoms with E-state index in [0.717, 1.165) is 31.6 Å². The molecule has 18 heavy (non-hydrogen) atoms. The minimum absolute atomic E-state index is 0.251. The number of hydrogen-bond acceptors (Lipinski definition) is 4. The summed E-state index contributed by atoms with van der Waals surface area (Å²) in [5, 5.41) is 8.95. The molecule has 0 spiro atoms. The second-order valence-corrected chi connectivity index (χ2v) is 4.65. The van der Waals surface area contributed by atoms with Crippen LogP contribution in [0, 0.1) is 5.92 Å². The number of aliphatic hydroxyl groups is 1. The molecule has 1 saturated heterocycles. The molecule has 1 atom stereocenters. The highest BCUT2D eigenvalue weighted by atomic mass is 16.5. The van der Waals surface area contributed by atoms with E-state index in [4.69, 9.17) is 9.84 Å². The first-order chi connectivity index (χ1) is 8.74. The van der Waals surface area contributed by atoms with Gasteiger partial charge in [-0.15, -0.1) is 0 Å². The minimum atomic E-state index is -0.303. The Morgan fingerprint density at radius 3 is 3.11 bits per heavy atom. The number of ether oxygens (including phenoxy) is 1. The van der Waals surface area contributed by atoms with Crippen molar-refractivity contribution >= 4 is 11.7 Å². The summed E-state index contributed by atoms with van der Waals surface area (Å²) in [5.74, 6) is 0.250. The third kappa shape index (κ3) is 2.82. The molecule has 1 fully saturated rings. The van der Waals surface area contributed by atoms with Crippen LogP contribution < -0.4 is 4.90 Å². The molecule has 1 aliphatic rings. The number of aliphatic hydroxyl groups excluding tert-OH is 1. The third-order valence-corrected chi connectivity index (χ3v) is 3.46. The SMILES string of the molecule is COC(=O)c1cccc(N2CCC(CCO)C2)c1. The maximum Gasteiger partial charge on any atom is 0.337 e. The van der Waals surface area contributed by atoms with Gasteiger partial charge >= 0.3 is 5.97 Å². The van der Waals surface area contributed by atoms with Gasteiger partial charge in [0.1, 0.15) is 0 Å². The fourth-order valence-electron chi connectivity index (χ4n) is 2.43. The van der Waals surface area contributed by atoms with Crippen molar-refractivity contribution in [3.8, 4) is 0 Å². The standard InChI is InChI=1S/C14H19NO3/c1-18-14(17)12-3-2-4-13(9-12)15-7-5-11(10-15)6-8-16/h2-4,9,11,16H,5-8,10H2,1H3. The van der Waals surface area contributed by atoms with E-state index in [1.54, 1.807) is 6.07 Å². The van der Waals surface area contributed by atoms with Gasteiger partial charge in [-0.3, -0.25) is 0 Å². The number of methoxy groups -OCH3 is 1. The second-order valence-electron chi connectivity index (χ2n) is 4.65. The van der Waals surface area contributed by atoms with Crippen LogP contribution in [0.5, 0.6) is 0 Å². The topological polar surface area (TPSA) is 49.8 Å². The van der Waals surface area contributed by atoms with Crippen molar-refractivity contribution in [3.63, 3.8) is 0 Å². The first-order valence-corrected chi connectivity index (χ1v) is 6.28. The average molecular weight is 249 g/mol. The van der Waals surface area contributed by atoms with E-state index < -0.39 is 0 Å². The van der Waals surface area contributed by atoms with Crippen LogP contribution >= 0.6 is 0 Å². The zero-order valence-corrected chi connectivity index (χ0v) is 10.6. The Labute approximate surface area is 107 Å². The molecule has 1 unspecified atom stereocenters. The Kier molecular flexibility index (Phi) is 4.20. The van der Waals surface area contributed by atoms with Crippen molar-refractivity contribution < 1.29 is 14.6 Å². The van der Waals surface area contributed by atoms with Crippen LogP contribution in [0.25, 0.3) is 0 Å². The van der Waals surface area contributed by atoms with E-state index in [0.29, 0.717) is 11.5 Å². The van der Waals surface area contributed by atoms with Gasteiger partial charge in [-0.1, -0.05) is 6.07 Å². The summed E-state index contributed by atoms with van der Waals surface area (Å²) in [6.07, 6.45) is 1.95. The molecule has 0 aliphatic carbocycles. The van der Waals surface area contributed by atoms with Gasteiger partial charge in [-0.05, 0) is 37.0 Å². The fraction of sp³-hybridized carbons (Fsp3) is 0.500. The first kappa shape index (κ1) is 12.9. The fourth-order valence-corrected chi connectivity index (χ4v) is 2.43. The van der Waals surface area contributed by atoms with E-state index in [9.17, 15) is 4.79 Å². The van der Waals surface area contributed by atoms with Crippen molar-refractivity contribution in [3.05, 3.63) is 29.8 Å². The van der Waals surface area contributed by atoms with Crippen LogP contribution in [-0.4, -0.2) is 37.9 Å². The average Bonchev–Trinajstić information content (AvgIpc) is 2.87. The quantitative estimate of drug-likeness (QED) is 0.825. The van der Waals surface area contributed by atoms with E-state index in [1.165, 1.54) is 7.11 Å². The van der Waals surface area contributed by atoms with Crippen LogP contribution in [0.2, 0.25) is 0 Å². The maximum absolute atomic E-state index is 11.5. The first-order valence-electron chi connectivity index (χ1n) is 6.28. The van der Waals surface area contributed by atoms with Crippen molar-refractivity contribution in [2.24, 2.45) is 5.92 Å². The maximum atomic E-state index is 11.5. The summed E-state index contributed by atoms with van der Waals surface area (Å²) in [5.41, 5.74) is 1.64. The molecule has 4 nitrogen and oxygen atoms in total. The van der Waals surface area contributed by atoms with Gasteiger partial charge in [0.2, 0.25) is 0 Å². The lowest BCUT2D eigenvalue weighted by Crippen LogP contribution is -2.20. The van der Waals surface area contributed by atoms with Gasteiger partial charge in [-0.25, -0.2) is 4.79 Å². The number of anilines is 1. The van der Waals surface area contributed by atoms with Gasteiger partial charge in [0, 0.05) is 25.4 Å². The number of esters is 1. The Morgan fingerprint density at radius 1 is 1.56 bits per heavy atom. The van der Waals surface area contributed by atoms with Gasteiger partial charge < -0.3 is 14.7 Å². The number of carbonyl (C=O) groups excluding carboxylic acids is 1. The van der Waals surface area contributed by atoms with E-state index in [1.807, 2.05) is 18.2 Å². The zero-order chi connectivity index (χ0) is 13.0. The Balaban J connectivity index is 2.08. The van der Waals surface area contributed by atoms with Gasteiger partial charge in [0.15, 0.2) is 0 Å². The molecule has 98 valence electrons. The van der Waals surface area contributed by atoms with Gasteiger partial charge in [-0.2, -0.15) is 0 Å². The molecule has 0 radical (unpaired) electrons. The lowest BCUT2D eigenvalue weighted by molar-refractivity contribution is 0.0601. The van der Waals surface area contributed by atoms with Crippen LogP contribution in [0.15, 0.2) is 24.3 Å². The predicted molar refractivity (Wildman–Crippen MR) is 69.8 cm³/mol. The number of carbonyl (C=O) groups is 1. The summed E-state index contributed by atoms with van der Waals surface area (Å²) in [6, 6.07) is 7.51. The number of hydrogen-bond donors (Lipinski definition) is 1. The molecule has 0 amide bonds. The van der Waals surface area contributed by atoms with Crippen LogP contribution in [0.3, 0.4) is 0 Å². The Morgan fingerprint density at radius 2 is 2.39 bits per heavy atom. The molecule has 0 saturated carbocycles. The lowest BCUT2D eigenvalue weighted by atomic mass is 10.1. The smallest absolute Gasteiger partial charge is 0.337 e. The predicted octanol–water partition coefficient (Wildman–Crippen LogP) is 1.68. The summed E-state index contributed by atoms with van der Waals surface area (Å²) in [7, 11) is 1.39. The molecule has 1 aromatic carbocycles. The largest absolute Gasteiger partial charge is 0.465 e. The number of nitrogens with zero attached hydrogens (tertiary/aromatic N) is 1. The normalized spacial score (nSPS) is 19.0. The number of benzene rings is 1. The van der Waals surface area contributed by atoms with Crippen molar-refractivity contribution in [1.82, 2.24) is 0 Å². The molecule has 0 aromatic heterocycles. The lowest BCUT2D eigenvalue weighted by Gasteiger charge is -2.19. The van der Waals surface area contributed by atoms with Crippen molar-refractivity contribution in [2.45, 2.75) is 12.8 Å². The molecule has 2 rings (SSSR count). The molecule has 1 N–H and O–H groups in total. The monoisotopic (exact) mass is 249 g/mol. The van der Waals surface area contributed by atoms with Crippen LogP contribution in [0.4, 0.5) is 5.69 Å². The molecule has 4 heteroatoms. The second kappa shape index (κ2) is 5.87. The summed E-state index contributed by atoms with van der Waals surface area (Å²) >= 11 is 0. The highest BCUT2D eigenvalue weighted by Crippen LogP contribution is 2.26. The van der Waals surface area contributed by atoms with Crippen molar-refractivity contribution in [2.75, 3.05) is 31.7 Å². The highest BCUT2D eigenvalue weighted by molar-refractivity contribution is 5.90. The van der Waals surface area contributed by atoms with E-state index in [-0.39, 0.29) is 12.6 Å². The molecule has 1 aromatic rings. The molecule has 0 bridgehead atoms. The Hall–Kier alpha value is -1.55. The molecular formula is C14H19NO3. The third-order valence-electron chi connectivity index (χ3n) is 3.46. The van der Waals surface area contributed by atoms with Crippen LogP contribution in [-0.2, 0) is 4.74 Å². The van der Waals surface area contributed by atoms with E-state index >= 15 is 0 Å². The summed E-state index contributed by atoms with van der Waals surface area (Å²) in [6.45, 7) is 2.18. The Bertz CT molecular complexity index is 419. The minimum Gasteiger partial charge on any atom is -0.465 e. The molecular weight excluding hydrogens is 230 g/mol. The highest BCUT2D eigenvalue weighted by Gasteiger charge is 2.22. The van der Waals surface area contributed by atoms with Crippen LogP contribution in [0.1, 0.15) is 23.2 Å². The van der Waals surface area contributed by atoms with Gasteiger partial charge in [0.05, 0.1) is 12.7 Å². The zero-order valence-electron chi connectivity index (χ0n) is 10.6. The molecule has 1 aliphatic heterocycles. The molecule has 1 heterocycles. The van der Waals surface area contributed by atoms with E-state index in [2.05, 4.69) is 4.90 Å². The number of rotatable bonds is 4. The summed E-state index contributed by atoms with van der Waals surface area (Å²) < 4.78 is 4.72.